The third kappa shape index (κ3) is 0.914. The molecule has 3 nitrogen and oxygen atoms in total. The highest BCUT2D eigenvalue weighted by Crippen LogP contribution is 2.11. The van der Waals surface area contributed by atoms with Crippen LogP contribution in [0.4, 0.5) is 0 Å². The average Bonchev–Trinajstić information content (AvgIpc) is 2.47. The number of hydrogen-bond acceptors (Lipinski definition) is 3. The maximum absolute atomic E-state index is 8.52. The van der Waals surface area contributed by atoms with Crippen LogP contribution in [-0.4, -0.2) is 9.58 Å². The third-order valence-electron chi connectivity index (χ3n) is 1.50. The normalized spacial score (nSPS) is 12.5. The first kappa shape index (κ1) is 6.42. The van der Waals surface area contributed by atoms with Gasteiger partial charge in [-0.15, -0.1) is 0 Å². The third-order valence-corrected chi connectivity index (χ3v) is 2.37. The standard InChI is InChI=1S/C7H6N2OS/c10-8-7-5-3-1-2-4-6(5)11-9-7/h1-4,10H,(H,8,9). The predicted molar refractivity (Wildman–Crippen MR) is 43.5 cm³/mol. The predicted octanol–water partition coefficient (Wildman–Crippen LogP) is 1.52. The summed E-state index contributed by atoms with van der Waals surface area (Å²) in [5.41, 5.74) is 0.533. The molecule has 11 heavy (non-hydrogen) atoms. The summed E-state index contributed by atoms with van der Waals surface area (Å²) in [6.45, 7) is 0. The molecule has 2 rings (SSSR count). The summed E-state index contributed by atoms with van der Waals surface area (Å²) in [4.78, 5) is 0. The van der Waals surface area contributed by atoms with Gasteiger partial charge >= 0.3 is 0 Å². The Morgan fingerprint density at radius 1 is 1.36 bits per heavy atom. The van der Waals surface area contributed by atoms with Gasteiger partial charge in [-0.05, 0) is 12.1 Å². The van der Waals surface area contributed by atoms with Crippen LogP contribution in [0.15, 0.2) is 29.4 Å². The lowest BCUT2D eigenvalue weighted by Gasteiger charge is -1.81. The van der Waals surface area contributed by atoms with Crippen LogP contribution in [0.2, 0.25) is 0 Å². The molecule has 56 valence electrons. The van der Waals surface area contributed by atoms with E-state index in [9.17, 15) is 0 Å². The van der Waals surface area contributed by atoms with Crippen LogP contribution in [0.1, 0.15) is 0 Å². The van der Waals surface area contributed by atoms with Gasteiger partial charge in [-0.2, -0.15) is 0 Å². The minimum Gasteiger partial charge on any atom is -0.409 e. The van der Waals surface area contributed by atoms with Crippen LogP contribution < -0.4 is 5.49 Å². The molecule has 0 radical (unpaired) electrons. The van der Waals surface area contributed by atoms with Gasteiger partial charge in [0.25, 0.3) is 0 Å². The second-order valence-corrected chi connectivity index (χ2v) is 3.00. The van der Waals surface area contributed by atoms with Crippen molar-refractivity contribution in [3.8, 4) is 0 Å². The topological polar surface area (TPSA) is 48.4 Å². The fraction of sp³-hybridized carbons (Fsp3) is 0. The summed E-state index contributed by atoms with van der Waals surface area (Å²) in [5.74, 6) is 0. The highest BCUT2D eigenvalue weighted by atomic mass is 32.1. The molecule has 1 heterocycles. The van der Waals surface area contributed by atoms with Crippen molar-refractivity contribution in [2.24, 2.45) is 5.16 Å². The smallest absolute Gasteiger partial charge is 0.187 e. The highest BCUT2D eigenvalue weighted by Gasteiger charge is 1.95. The van der Waals surface area contributed by atoms with E-state index in [-0.39, 0.29) is 0 Å². The van der Waals surface area contributed by atoms with Crippen LogP contribution in [0.5, 0.6) is 0 Å². The Balaban J connectivity index is 2.98. The zero-order chi connectivity index (χ0) is 7.68. The van der Waals surface area contributed by atoms with Crippen molar-refractivity contribution in [3.63, 3.8) is 0 Å². The van der Waals surface area contributed by atoms with Crippen molar-refractivity contribution in [1.82, 2.24) is 4.37 Å². The van der Waals surface area contributed by atoms with E-state index >= 15 is 0 Å². The van der Waals surface area contributed by atoms with Crippen molar-refractivity contribution >= 4 is 21.6 Å². The Bertz CT molecular complexity index is 429. The van der Waals surface area contributed by atoms with Crippen LogP contribution in [-0.2, 0) is 0 Å². The SMILES string of the molecule is ON=c1[nH]sc2ccccc12. The molecule has 0 aliphatic carbocycles. The van der Waals surface area contributed by atoms with E-state index in [0.717, 1.165) is 10.1 Å². The van der Waals surface area contributed by atoms with E-state index in [4.69, 9.17) is 5.21 Å². The average molecular weight is 166 g/mol. The van der Waals surface area contributed by atoms with Gasteiger partial charge in [0.15, 0.2) is 5.49 Å². The molecule has 0 saturated carbocycles. The Kier molecular flexibility index (Phi) is 1.40. The Morgan fingerprint density at radius 3 is 3.00 bits per heavy atom. The van der Waals surface area contributed by atoms with Crippen LogP contribution in [0, 0.1) is 0 Å². The van der Waals surface area contributed by atoms with E-state index < -0.39 is 0 Å². The zero-order valence-electron chi connectivity index (χ0n) is 5.61. The molecule has 1 aromatic heterocycles. The zero-order valence-corrected chi connectivity index (χ0v) is 6.43. The quantitative estimate of drug-likeness (QED) is 0.452. The van der Waals surface area contributed by atoms with Crippen molar-refractivity contribution in [1.29, 1.82) is 0 Å². The second kappa shape index (κ2) is 2.39. The molecule has 0 bridgehead atoms. The first-order valence-electron chi connectivity index (χ1n) is 3.16. The first-order valence-corrected chi connectivity index (χ1v) is 3.98. The molecular formula is C7H6N2OS. The van der Waals surface area contributed by atoms with E-state index in [2.05, 4.69) is 9.53 Å². The first-order chi connectivity index (χ1) is 5.42. The summed E-state index contributed by atoms with van der Waals surface area (Å²) in [5, 5.41) is 12.6. The lowest BCUT2D eigenvalue weighted by atomic mass is 10.3. The highest BCUT2D eigenvalue weighted by molar-refractivity contribution is 7.13. The number of benzene rings is 1. The van der Waals surface area contributed by atoms with E-state index in [0.29, 0.717) is 5.49 Å². The van der Waals surface area contributed by atoms with Crippen LogP contribution in [0.25, 0.3) is 10.1 Å². The Morgan fingerprint density at radius 2 is 2.18 bits per heavy atom. The monoisotopic (exact) mass is 166 g/mol. The maximum Gasteiger partial charge on any atom is 0.187 e. The van der Waals surface area contributed by atoms with Crippen molar-refractivity contribution in [3.05, 3.63) is 29.8 Å². The van der Waals surface area contributed by atoms with Crippen LogP contribution >= 0.6 is 11.5 Å². The molecule has 0 saturated heterocycles. The summed E-state index contributed by atoms with van der Waals surface area (Å²) < 4.78 is 3.99. The molecule has 0 unspecified atom stereocenters. The van der Waals surface area contributed by atoms with Gasteiger partial charge in [-0.25, -0.2) is 0 Å². The maximum atomic E-state index is 8.52. The molecule has 0 atom stereocenters. The van der Waals surface area contributed by atoms with E-state index in [1.54, 1.807) is 0 Å². The number of aromatic amines is 1. The van der Waals surface area contributed by atoms with Gasteiger partial charge in [0.05, 0.1) is 4.70 Å². The molecule has 0 aliphatic heterocycles. The van der Waals surface area contributed by atoms with Gasteiger partial charge in [0.1, 0.15) is 0 Å². The number of hydrogen-bond donors (Lipinski definition) is 2. The van der Waals surface area contributed by atoms with Crippen LogP contribution in [0.3, 0.4) is 0 Å². The van der Waals surface area contributed by atoms with Crippen molar-refractivity contribution in [2.45, 2.75) is 0 Å². The van der Waals surface area contributed by atoms with Gasteiger partial charge in [0.2, 0.25) is 0 Å². The minimum atomic E-state index is 0.533. The summed E-state index contributed by atoms with van der Waals surface area (Å²) in [7, 11) is 0. The fourth-order valence-electron chi connectivity index (χ4n) is 0.984. The number of rotatable bonds is 0. The summed E-state index contributed by atoms with van der Waals surface area (Å²) in [6, 6.07) is 7.76. The molecule has 1 aromatic carbocycles. The largest absolute Gasteiger partial charge is 0.409 e. The lowest BCUT2D eigenvalue weighted by Crippen LogP contribution is -1.99. The fourth-order valence-corrected chi connectivity index (χ4v) is 1.76. The molecule has 0 fully saturated rings. The van der Waals surface area contributed by atoms with Crippen molar-refractivity contribution in [2.75, 3.05) is 0 Å². The number of nitrogens with one attached hydrogen (secondary N) is 1. The summed E-state index contributed by atoms with van der Waals surface area (Å²) >= 11 is 1.46. The second-order valence-electron chi connectivity index (χ2n) is 2.15. The molecule has 4 heteroatoms. The van der Waals surface area contributed by atoms with Gasteiger partial charge in [0, 0.05) is 5.39 Å². The number of fused-ring (bicyclic) bond motifs is 1. The molecule has 0 spiro atoms. The Hall–Kier alpha value is -1.29. The van der Waals surface area contributed by atoms with E-state index in [1.807, 2.05) is 24.3 Å². The minimum absolute atomic E-state index is 0.533. The van der Waals surface area contributed by atoms with Gasteiger partial charge in [-0.3, -0.25) is 4.37 Å². The van der Waals surface area contributed by atoms with Crippen molar-refractivity contribution < 1.29 is 5.21 Å². The van der Waals surface area contributed by atoms with E-state index in [1.165, 1.54) is 11.5 Å². The molecule has 0 amide bonds. The molecular weight excluding hydrogens is 160 g/mol. The molecule has 0 aliphatic rings. The molecule has 2 aromatic rings. The lowest BCUT2D eigenvalue weighted by molar-refractivity contribution is 0.300. The van der Waals surface area contributed by atoms with Gasteiger partial charge in [-0.1, -0.05) is 28.8 Å². The molecule has 2 N–H and O–H groups in total. The number of aromatic nitrogens is 1. The Labute approximate surface area is 66.8 Å². The van der Waals surface area contributed by atoms with Gasteiger partial charge < -0.3 is 5.21 Å². The summed E-state index contributed by atoms with van der Waals surface area (Å²) in [6.07, 6.45) is 0. The number of nitrogens with zero attached hydrogens (tertiary/aromatic N) is 1. The number of H-pyrrole nitrogens is 1.